The van der Waals surface area contributed by atoms with Crippen molar-refractivity contribution in [3.8, 4) is 22.6 Å². The predicted octanol–water partition coefficient (Wildman–Crippen LogP) is 12.9. The monoisotopic (exact) mass is 634 g/mol. The zero-order valence-electron chi connectivity index (χ0n) is 25.6. The Morgan fingerprint density at radius 1 is 0.458 bits per heavy atom. The van der Waals surface area contributed by atoms with Gasteiger partial charge in [-0.05, 0) is 83.9 Å². The first kappa shape index (κ1) is 27.0. The molecule has 0 unspecified atom stereocenters. The summed E-state index contributed by atoms with van der Waals surface area (Å²) in [6.45, 7) is 0. The van der Waals surface area contributed by atoms with Crippen molar-refractivity contribution in [2.75, 3.05) is 4.90 Å². The first-order valence-electron chi connectivity index (χ1n) is 16.0. The quantitative estimate of drug-likeness (QED) is 0.189. The van der Waals surface area contributed by atoms with Crippen LogP contribution in [0.15, 0.2) is 167 Å². The molecule has 48 heavy (non-hydrogen) atoms. The Morgan fingerprint density at radius 2 is 1.19 bits per heavy atom. The highest BCUT2D eigenvalue weighted by atomic mass is 32.1. The van der Waals surface area contributed by atoms with Crippen LogP contribution in [0.2, 0.25) is 0 Å². The van der Waals surface area contributed by atoms with E-state index in [1.807, 2.05) is 47.7 Å². The maximum atomic E-state index is 6.54. The Balaban J connectivity index is 1.16. The fraction of sp³-hybridized carbons (Fsp3) is 0. The second-order valence-electron chi connectivity index (χ2n) is 11.9. The SMILES string of the molecule is c1ccc(-c2cccc3sc4ccc(N(c5ccccc5)c5ccc6c(c5)oc5cccc(-c7nc8ccccc8o7)c56)cc4c23)cc1. The zero-order chi connectivity index (χ0) is 31.6. The predicted molar refractivity (Wildman–Crippen MR) is 200 cm³/mol. The number of para-hydroxylation sites is 3. The van der Waals surface area contributed by atoms with Gasteiger partial charge < -0.3 is 13.7 Å². The lowest BCUT2D eigenvalue weighted by atomic mass is 9.99. The molecule has 3 heterocycles. The standard InChI is InChI=1S/C43H26N2O2S/c1-3-11-27(12-4-1)31-15-10-20-40-42(31)34-25-29(22-24-39(34)48-40)45(28-13-5-2-6-14-28)30-21-23-32-38(26-30)46-37-19-9-16-33(41(32)37)43-44-35-17-7-8-18-36(35)47-43/h1-26H. The molecule has 5 heteroatoms. The van der Waals surface area contributed by atoms with Crippen molar-refractivity contribution in [1.82, 2.24) is 4.98 Å². The third-order valence-electron chi connectivity index (χ3n) is 9.10. The van der Waals surface area contributed by atoms with Crippen molar-refractivity contribution in [2.24, 2.45) is 0 Å². The van der Waals surface area contributed by atoms with Crippen molar-refractivity contribution < 1.29 is 8.83 Å². The Labute approximate surface area is 279 Å². The largest absolute Gasteiger partial charge is 0.456 e. The minimum absolute atomic E-state index is 0.589. The molecule has 0 N–H and O–H groups in total. The van der Waals surface area contributed by atoms with Crippen LogP contribution in [0.1, 0.15) is 0 Å². The first-order chi connectivity index (χ1) is 23.8. The van der Waals surface area contributed by atoms with Gasteiger partial charge in [-0.25, -0.2) is 4.98 Å². The zero-order valence-corrected chi connectivity index (χ0v) is 26.4. The molecule has 0 aliphatic heterocycles. The van der Waals surface area contributed by atoms with E-state index in [4.69, 9.17) is 13.8 Å². The van der Waals surface area contributed by atoms with Gasteiger partial charge in [-0.2, -0.15) is 0 Å². The summed E-state index contributed by atoms with van der Waals surface area (Å²) in [5, 5.41) is 4.56. The Kier molecular flexibility index (Phi) is 6.01. The molecule has 4 nitrogen and oxygen atoms in total. The summed E-state index contributed by atoms with van der Waals surface area (Å²) in [6, 6.07) is 55.0. The lowest BCUT2D eigenvalue weighted by Crippen LogP contribution is -2.09. The molecular formula is C43H26N2O2S. The third kappa shape index (κ3) is 4.25. The van der Waals surface area contributed by atoms with E-state index in [9.17, 15) is 0 Å². The molecule has 3 aromatic heterocycles. The number of oxazole rings is 1. The van der Waals surface area contributed by atoms with Crippen LogP contribution in [-0.4, -0.2) is 4.98 Å². The minimum Gasteiger partial charge on any atom is -0.456 e. The highest BCUT2D eigenvalue weighted by Gasteiger charge is 2.20. The van der Waals surface area contributed by atoms with E-state index in [1.54, 1.807) is 0 Å². The maximum Gasteiger partial charge on any atom is 0.228 e. The second-order valence-corrected chi connectivity index (χ2v) is 13.0. The molecule has 0 atom stereocenters. The highest BCUT2D eigenvalue weighted by Crippen LogP contribution is 2.45. The Morgan fingerprint density at radius 3 is 2.06 bits per heavy atom. The van der Waals surface area contributed by atoms with Crippen LogP contribution in [0.4, 0.5) is 17.1 Å². The number of hydrogen-bond donors (Lipinski definition) is 0. The average Bonchev–Trinajstić information content (AvgIpc) is 3.85. The molecule has 0 spiro atoms. The number of fused-ring (bicyclic) bond motifs is 7. The van der Waals surface area contributed by atoms with E-state index in [2.05, 4.69) is 126 Å². The van der Waals surface area contributed by atoms with Gasteiger partial charge in [0.25, 0.3) is 0 Å². The lowest BCUT2D eigenvalue weighted by molar-refractivity contribution is 0.620. The number of thiophene rings is 1. The number of rotatable bonds is 5. The van der Waals surface area contributed by atoms with Gasteiger partial charge in [0.15, 0.2) is 5.58 Å². The van der Waals surface area contributed by atoms with Crippen molar-refractivity contribution in [1.29, 1.82) is 0 Å². The van der Waals surface area contributed by atoms with Crippen LogP contribution < -0.4 is 4.90 Å². The number of nitrogens with zero attached hydrogens (tertiary/aromatic N) is 2. The van der Waals surface area contributed by atoms with Crippen molar-refractivity contribution >= 4 is 81.6 Å². The normalized spacial score (nSPS) is 11.8. The van der Waals surface area contributed by atoms with E-state index < -0.39 is 0 Å². The van der Waals surface area contributed by atoms with Crippen LogP contribution in [-0.2, 0) is 0 Å². The summed E-state index contributed by atoms with van der Waals surface area (Å²) >= 11 is 1.84. The molecule has 0 fully saturated rings. The fourth-order valence-corrected chi connectivity index (χ4v) is 8.07. The fourth-order valence-electron chi connectivity index (χ4n) is 6.96. The number of hydrogen-bond acceptors (Lipinski definition) is 5. The third-order valence-corrected chi connectivity index (χ3v) is 10.2. The highest BCUT2D eigenvalue weighted by molar-refractivity contribution is 7.26. The Bertz CT molecular complexity index is 2760. The number of aromatic nitrogens is 1. The average molecular weight is 635 g/mol. The van der Waals surface area contributed by atoms with Crippen molar-refractivity contribution in [2.45, 2.75) is 0 Å². The van der Waals surface area contributed by atoms with Gasteiger partial charge in [-0.3, -0.25) is 0 Å². The van der Waals surface area contributed by atoms with Gasteiger partial charge in [-0.1, -0.05) is 78.9 Å². The van der Waals surface area contributed by atoms with Crippen LogP contribution >= 0.6 is 11.3 Å². The van der Waals surface area contributed by atoms with E-state index >= 15 is 0 Å². The number of benzene rings is 7. The summed E-state index contributed by atoms with van der Waals surface area (Å²) in [5.74, 6) is 0.589. The van der Waals surface area contributed by atoms with Crippen LogP contribution in [0, 0.1) is 0 Å². The topological polar surface area (TPSA) is 42.4 Å². The summed E-state index contributed by atoms with van der Waals surface area (Å²) in [7, 11) is 0. The summed E-state index contributed by atoms with van der Waals surface area (Å²) < 4.78 is 15.3. The summed E-state index contributed by atoms with van der Waals surface area (Å²) in [6.07, 6.45) is 0. The lowest BCUT2D eigenvalue weighted by Gasteiger charge is -2.25. The van der Waals surface area contributed by atoms with E-state index in [1.165, 1.54) is 31.3 Å². The smallest absolute Gasteiger partial charge is 0.228 e. The Hall–Kier alpha value is -6.17. The van der Waals surface area contributed by atoms with Gasteiger partial charge in [0.2, 0.25) is 5.89 Å². The van der Waals surface area contributed by atoms with Crippen molar-refractivity contribution in [3.05, 3.63) is 158 Å². The second kappa shape index (κ2) is 10.7. The molecule has 10 aromatic rings. The van der Waals surface area contributed by atoms with E-state index in [-0.39, 0.29) is 0 Å². The van der Waals surface area contributed by atoms with Gasteiger partial charge >= 0.3 is 0 Å². The molecule has 0 saturated heterocycles. The number of furan rings is 1. The molecule has 0 bridgehead atoms. The molecule has 226 valence electrons. The molecule has 0 aliphatic rings. The molecule has 0 radical (unpaired) electrons. The van der Waals surface area contributed by atoms with Gasteiger partial charge in [0.1, 0.15) is 16.7 Å². The maximum absolute atomic E-state index is 6.54. The van der Waals surface area contributed by atoms with E-state index in [0.717, 1.165) is 55.7 Å². The van der Waals surface area contributed by atoms with Crippen LogP contribution in [0.3, 0.4) is 0 Å². The molecule has 7 aromatic carbocycles. The van der Waals surface area contributed by atoms with E-state index in [0.29, 0.717) is 5.89 Å². The molecular weight excluding hydrogens is 609 g/mol. The van der Waals surface area contributed by atoms with Crippen LogP contribution in [0.25, 0.3) is 75.8 Å². The minimum atomic E-state index is 0.589. The van der Waals surface area contributed by atoms with Crippen LogP contribution in [0.5, 0.6) is 0 Å². The summed E-state index contributed by atoms with van der Waals surface area (Å²) in [5.41, 5.74) is 9.77. The first-order valence-corrected chi connectivity index (χ1v) is 16.8. The molecule has 0 amide bonds. The van der Waals surface area contributed by atoms with Gasteiger partial charge in [-0.15, -0.1) is 11.3 Å². The molecule has 0 saturated carbocycles. The van der Waals surface area contributed by atoms with Gasteiger partial charge in [0, 0.05) is 59.6 Å². The molecule has 0 aliphatic carbocycles. The van der Waals surface area contributed by atoms with Gasteiger partial charge in [0.05, 0.1) is 0 Å². The van der Waals surface area contributed by atoms with Crippen molar-refractivity contribution in [3.63, 3.8) is 0 Å². The molecule has 10 rings (SSSR count). The summed E-state index contributed by atoms with van der Waals surface area (Å²) in [4.78, 5) is 7.10. The number of anilines is 3.